The topological polar surface area (TPSA) is 41.1 Å². The van der Waals surface area contributed by atoms with Crippen LogP contribution in [0.2, 0.25) is 0 Å². The second-order valence-electron chi connectivity index (χ2n) is 4.39. The number of anilines is 2. The normalized spacial score (nSPS) is 10.1. The molecule has 0 unspecified atom stereocenters. The molecule has 2 rings (SSSR count). The second kappa shape index (κ2) is 7.28. The van der Waals surface area contributed by atoms with Gasteiger partial charge in [-0.25, -0.2) is 0 Å². The first-order valence-corrected chi connectivity index (χ1v) is 7.64. The van der Waals surface area contributed by atoms with E-state index in [1.54, 1.807) is 0 Å². The lowest BCUT2D eigenvalue weighted by atomic mass is 10.1. The second-order valence-corrected chi connectivity index (χ2v) is 5.55. The number of hydrogen-bond donors (Lipinski definition) is 2. The number of hydrogen-bond acceptors (Lipinski definition) is 2. The molecule has 0 aliphatic heterocycles. The van der Waals surface area contributed by atoms with Gasteiger partial charge in [-0.05, 0) is 52.8 Å². The molecule has 0 bridgehead atoms. The Hall–Kier alpha value is -1.56. The van der Waals surface area contributed by atoms with Crippen LogP contribution in [0.3, 0.4) is 0 Å². The summed E-state index contributed by atoms with van der Waals surface area (Å²) in [6.07, 6.45) is 0.903. The van der Waals surface area contributed by atoms with E-state index in [1.165, 1.54) is 0 Å². The molecule has 0 fully saturated rings. The maximum absolute atomic E-state index is 12.0. The molecule has 0 aliphatic rings. The van der Waals surface area contributed by atoms with Crippen molar-refractivity contribution in [3.63, 3.8) is 0 Å². The third kappa shape index (κ3) is 3.96. The van der Waals surface area contributed by atoms with Gasteiger partial charge in [-0.2, -0.15) is 0 Å². The summed E-state index contributed by atoms with van der Waals surface area (Å²) in [4.78, 5) is 12.0. The Morgan fingerprint density at radius 1 is 1.05 bits per heavy atom. The molecular weight excluding hydrogens is 363 g/mol. The Morgan fingerprint density at radius 2 is 1.70 bits per heavy atom. The Labute approximate surface area is 132 Å². The molecule has 2 aromatic rings. The fraction of sp³-hybridized carbons (Fsp3) is 0.188. The molecule has 0 aromatic heterocycles. The third-order valence-electron chi connectivity index (χ3n) is 2.99. The van der Waals surface area contributed by atoms with Gasteiger partial charge < -0.3 is 10.6 Å². The number of carbonyl (C=O) groups excluding carboxylic acids is 1. The van der Waals surface area contributed by atoms with Crippen molar-refractivity contribution in [2.24, 2.45) is 0 Å². The van der Waals surface area contributed by atoms with Gasteiger partial charge in [0.15, 0.2) is 0 Å². The summed E-state index contributed by atoms with van der Waals surface area (Å²) in [6, 6.07) is 15.8. The van der Waals surface area contributed by atoms with E-state index >= 15 is 0 Å². The van der Waals surface area contributed by atoms with E-state index in [-0.39, 0.29) is 12.5 Å². The highest BCUT2D eigenvalue weighted by atomic mass is 127. The average molecular weight is 380 g/mol. The maximum Gasteiger partial charge on any atom is 0.243 e. The molecule has 20 heavy (non-hydrogen) atoms. The Bertz CT molecular complexity index is 599. The maximum atomic E-state index is 12.0. The number of carbonyl (C=O) groups is 1. The van der Waals surface area contributed by atoms with E-state index in [0.717, 1.165) is 26.9 Å². The zero-order valence-corrected chi connectivity index (χ0v) is 13.5. The summed E-state index contributed by atoms with van der Waals surface area (Å²) in [5, 5.41) is 6.10. The molecule has 0 heterocycles. The molecule has 104 valence electrons. The van der Waals surface area contributed by atoms with E-state index < -0.39 is 0 Å². The highest BCUT2D eigenvalue weighted by Gasteiger charge is 2.06. The van der Waals surface area contributed by atoms with E-state index in [0.29, 0.717) is 0 Å². The van der Waals surface area contributed by atoms with Gasteiger partial charge in [0, 0.05) is 14.9 Å². The Balaban J connectivity index is 1.95. The van der Waals surface area contributed by atoms with Crippen LogP contribution in [0.15, 0.2) is 48.5 Å². The van der Waals surface area contributed by atoms with Crippen molar-refractivity contribution in [3.8, 4) is 0 Å². The third-order valence-corrected chi connectivity index (χ3v) is 3.93. The minimum absolute atomic E-state index is 0.0365. The summed E-state index contributed by atoms with van der Waals surface area (Å²) in [7, 11) is 0. The minimum atomic E-state index is -0.0365. The van der Waals surface area contributed by atoms with Crippen molar-refractivity contribution in [1.29, 1.82) is 0 Å². The number of para-hydroxylation sites is 2. The number of rotatable bonds is 5. The van der Waals surface area contributed by atoms with Gasteiger partial charge in [0.05, 0.1) is 6.54 Å². The summed E-state index contributed by atoms with van der Waals surface area (Å²) in [5.41, 5.74) is 3.02. The molecule has 0 saturated carbocycles. The monoisotopic (exact) mass is 380 g/mol. The van der Waals surface area contributed by atoms with Crippen molar-refractivity contribution >= 4 is 39.9 Å². The number of halogens is 1. The average Bonchev–Trinajstić information content (AvgIpc) is 2.47. The van der Waals surface area contributed by atoms with Crippen molar-refractivity contribution < 1.29 is 4.79 Å². The highest BCUT2D eigenvalue weighted by Crippen LogP contribution is 2.17. The standard InChI is InChI=1S/C16H17IN2O/c1-2-12-7-3-5-9-14(12)19-16(20)11-18-15-10-6-4-8-13(15)17/h3-10,18H,2,11H2,1H3,(H,19,20). The van der Waals surface area contributed by atoms with Gasteiger partial charge in [-0.1, -0.05) is 37.3 Å². The molecule has 2 N–H and O–H groups in total. The lowest BCUT2D eigenvalue weighted by Gasteiger charge is -2.11. The van der Waals surface area contributed by atoms with E-state index in [4.69, 9.17) is 0 Å². The van der Waals surface area contributed by atoms with Crippen LogP contribution in [0.4, 0.5) is 11.4 Å². The number of benzene rings is 2. The van der Waals surface area contributed by atoms with E-state index in [9.17, 15) is 4.79 Å². The smallest absolute Gasteiger partial charge is 0.243 e. The fourth-order valence-corrected chi connectivity index (χ4v) is 2.50. The van der Waals surface area contributed by atoms with E-state index in [1.807, 2.05) is 48.5 Å². The minimum Gasteiger partial charge on any atom is -0.375 e. The molecular formula is C16H17IN2O. The van der Waals surface area contributed by atoms with E-state index in [2.05, 4.69) is 40.1 Å². The molecule has 0 spiro atoms. The van der Waals surface area contributed by atoms with Gasteiger partial charge in [-0.3, -0.25) is 4.79 Å². The zero-order chi connectivity index (χ0) is 14.4. The Kier molecular flexibility index (Phi) is 5.40. The van der Waals surface area contributed by atoms with Crippen molar-refractivity contribution in [3.05, 3.63) is 57.7 Å². The zero-order valence-electron chi connectivity index (χ0n) is 11.3. The van der Waals surface area contributed by atoms with Gasteiger partial charge >= 0.3 is 0 Å². The fourth-order valence-electron chi connectivity index (χ4n) is 1.93. The van der Waals surface area contributed by atoms with Crippen LogP contribution in [0.1, 0.15) is 12.5 Å². The molecule has 4 heteroatoms. The lowest BCUT2D eigenvalue weighted by molar-refractivity contribution is -0.114. The van der Waals surface area contributed by atoms with Crippen LogP contribution in [0.25, 0.3) is 0 Å². The molecule has 0 radical (unpaired) electrons. The van der Waals surface area contributed by atoms with Crippen LogP contribution in [-0.2, 0) is 11.2 Å². The molecule has 0 atom stereocenters. The van der Waals surface area contributed by atoms with Crippen LogP contribution < -0.4 is 10.6 Å². The SMILES string of the molecule is CCc1ccccc1NC(=O)CNc1ccccc1I. The first kappa shape index (κ1) is 14.8. The first-order valence-electron chi connectivity index (χ1n) is 6.57. The van der Waals surface area contributed by atoms with Crippen LogP contribution in [0.5, 0.6) is 0 Å². The predicted octanol–water partition coefficient (Wildman–Crippen LogP) is 3.90. The molecule has 1 amide bonds. The van der Waals surface area contributed by atoms with Crippen molar-refractivity contribution in [2.45, 2.75) is 13.3 Å². The molecule has 0 saturated heterocycles. The summed E-state index contributed by atoms with van der Waals surface area (Å²) < 4.78 is 1.10. The predicted molar refractivity (Wildman–Crippen MR) is 92.1 cm³/mol. The molecule has 0 aliphatic carbocycles. The quantitative estimate of drug-likeness (QED) is 0.773. The summed E-state index contributed by atoms with van der Waals surface area (Å²) in [5.74, 6) is -0.0365. The van der Waals surface area contributed by atoms with Crippen LogP contribution >= 0.6 is 22.6 Å². The highest BCUT2D eigenvalue weighted by molar-refractivity contribution is 14.1. The number of amides is 1. The number of aryl methyl sites for hydroxylation is 1. The van der Waals surface area contributed by atoms with Gasteiger partial charge in [0.2, 0.25) is 5.91 Å². The van der Waals surface area contributed by atoms with Gasteiger partial charge in [-0.15, -0.1) is 0 Å². The van der Waals surface area contributed by atoms with Gasteiger partial charge in [0.25, 0.3) is 0 Å². The molecule has 3 nitrogen and oxygen atoms in total. The summed E-state index contributed by atoms with van der Waals surface area (Å²) >= 11 is 2.25. The van der Waals surface area contributed by atoms with Crippen molar-refractivity contribution in [1.82, 2.24) is 0 Å². The summed E-state index contributed by atoms with van der Waals surface area (Å²) in [6.45, 7) is 2.34. The van der Waals surface area contributed by atoms with Crippen molar-refractivity contribution in [2.75, 3.05) is 17.2 Å². The van der Waals surface area contributed by atoms with Crippen LogP contribution in [-0.4, -0.2) is 12.5 Å². The number of nitrogens with one attached hydrogen (secondary N) is 2. The largest absolute Gasteiger partial charge is 0.375 e. The Morgan fingerprint density at radius 3 is 2.40 bits per heavy atom. The lowest BCUT2D eigenvalue weighted by Crippen LogP contribution is -2.22. The first-order chi connectivity index (χ1) is 9.70. The van der Waals surface area contributed by atoms with Crippen LogP contribution in [0, 0.1) is 3.57 Å². The molecule has 2 aromatic carbocycles. The van der Waals surface area contributed by atoms with Gasteiger partial charge in [0.1, 0.15) is 0 Å².